The minimum Gasteiger partial charge on any atom is -0.297 e. The highest BCUT2D eigenvalue weighted by Crippen LogP contribution is 2.09. The summed E-state index contributed by atoms with van der Waals surface area (Å²) in [5, 5.41) is 8.68. The van der Waals surface area contributed by atoms with Gasteiger partial charge in [0.25, 0.3) is 0 Å². The van der Waals surface area contributed by atoms with Crippen molar-refractivity contribution in [3.8, 4) is 6.07 Å². The molecule has 100 valence electrons. The molecule has 0 saturated carbocycles. The first-order valence-electron chi connectivity index (χ1n) is 6.82. The van der Waals surface area contributed by atoms with Gasteiger partial charge in [0.1, 0.15) is 0 Å². The minimum atomic E-state index is 0.562. The summed E-state index contributed by atoms with van der Waals surface area (Å²) in [6, 6.07) is 12.7. The van der Waals surface area contributed by atoms with Gasteiger partial charge < -0.3 is 0 Å². The molecule has 0 atom stereocenters. The predicted octanol–water partition coefficient (Wildman–Crippen LogP) is 2.23. The van der Waals surface area contributed by atoms with Gasteiger partial charge in [-0.05, 0) is 12.5 Å². The SMILES string of the molecule is C/C(=C/c1ccccc1)CN1CCN(CC#N)CC1. The summed E-state index contributed by atoms with van der Waals surface area (Å²) in [6.07, 6.45) is 2.25. The minimum absolute atomic E-state index is 0.562. The molecule has 0 N–H and O–H groups in total. The third kappa shape index (κ3) is 4.51. The molecule has 0 spiro atoms. The van der Waals surface area contributed by atoms with E-state index in [9.17, 15) is 0 Å². The second-order valence-corrected chi connectivity index (χ2v) is 5.11. The fourth-order valence-electron chi connectivity index (χ4n) is 2.44. The van der Waals surface area contributed by atoms with Crippen LogP contribution >= 0.6 is 0 Å². The van der Waals surface area contributed by atoms with E-state index in [-0.39, 0.29) is 0 Å². The van der Waals surface area contributed by atoms with Gasteiger partial charge in [-0.25, -0.2) is 0 Å². The molecule has 1 fully saturated rings. The van der Waals surface area contributed by atoms with Crippen LogP contribution in [0.25, 0.3) is 6.08 Å². The molecule has 1 aromatic carbocycles. The molecular formula is C16H21N3. The van der Waals surface area contributed by atoms with E-state index >= 15 is 0 Å². The summed E-state index contributed by atoms with van der Waals surface area (Å²) < 4.78 is 0. The number of hydrogen-bond donors (Lipinski definition) is 0. The van der Waals surface area contributed by atoms with Crippen LogP contribution in [0.4, 0.5) is 0 Å². The van der Waals surface area contributed by atoms with E-state index < -0.39 is 0 Å². The Balaban J connectivity index is 1.82. The molecule has 0 unspecified atom stereocenters. The maximum absolute atomic E-state index is 8.68. The first-order valence-corrected chi connectivity index (χ1v) is 6.82. The van der Waals surface area contributed by atoms with Crippen molar-refractivity contribution >= 4 is 6.08 Å². The fourth-order valence-corrected chi connectivity index (χ4v) is 2.44. The van der Waals surface area contributed by atoms with Crippen LogP contribution in [0.3, 0.4) is 0 Å². The monoisotopic (exact) mass is 255 g/mol. The lowest BCUT2D eigenvalue weighted by Crippen LogP contribution is -2.46. The third-order valence-corrected chi connectivity index (χ3v) is 3.44. The Hall–Kier alpha value is -1.63. The molecular weight excluding hydrogens is 234 g/mol. The molecule has 0 aromatic heterocycles. The van der Waals surface area contributed by atoms with Gasteiger partial charge >= 0.3 is 0 Å². The first kappa shape index (κ1) is 13.8. The molecule has 0 radical (unpaired) electrons. The highest BCUT2D eigenvalue weighted by Gasteiger charge is 2.16. The van der Waals surface area contributed by atoms with Gasteiger partial charge in [0.2, 0.25) is 0 Å². The summed E-state index contributed by atoms with van der Waals surface area (Å²) in [4.78, 5) is 4.68. The number of hydrogen-bond acceptors (Lipinski definition) is 3. The summed E-state index contributed by atoms with van der Waals surface area (Å²) in [5.74, 6) is 0. The molecule has 1 aliphatic rings. The van der Waals surface area contributed by atoms with E-state index in [2.05, 4.69) is 53.1 Å². The molecule has 3 nitrogen and oxygen atoms in total. The van der Waals surface area contributed by atoms with E-state index in [4.69, 9.17) is 5.26 Å². The van der Waals surface area contributed by atoms with Crippen LogP contribution < -0.4 is 0 Å². The van der Waals surface area contributed by atoms with E-state index in [0.29, 0.717) is 6.54 Å². The Morgan fingerprint density at radius 2 is 1.79 bits per heavy atom. The van der Waals surface area contributed by atoms with Crippen molar-refractivity contribution in [2.75, 3.05) is 39.3 Å². The fraction of sp³-hybridized carbons (Fsp3) is 0.438. The second kappa shape index (κ2) is 7.08. The summed E-state index contributed by atoms with van der Waals surface area (Å²) in [7, 11) is 0. The molecule has 0 bridgehead atoms. The van der Waals surface area contributed by atoms with Gasteiger partial charge in [0, 0.05) is 32.7 Å². The zero-order valence-electron chi connectivity index (χ0n) is 11.5. The largest absolute Gasteiger partial charge is 0.297 e. The van der Waals surface area contributed by atoms with Gasteiger partial charge in [-0.3, -0.25) is 9.80 Å². The molecule has 0 aliphatic carbocycles. The molecule has 1 heterocycles. The van der Waals surface area contributed by atoms with Crippen molar-refractivity contribution in [1.82, 2.24) is 9.80 Å². The van der Waals surface area contributed by atoms with Crippen LogP contribution in [0, 0.1) is 11.3 Å². The van der Waals surface area contributed by atoms with Crippen molar-refractivity contribution in [2.45, 2.75) is 6.92 Å². The van der Waals surface area contributed by atoms with Gasteiger partial charge in [0.05, 0.1) is 12.6 Å². The molecule has 1 saturated heterocycles. The lowest BCUT2D eigenvalue weighted by atomic mass is 10.1. The average molecular weight is 255 g/mol. The van der Waals surface area contributed by atoms with Crippen molar-refractivity contribution in [1.29, 1.82) is 5.26 Å². The van der Waals surface area contributed by atoms with Crippen molar-refractivity contribution in [3.05, 3.63) is 41.5 Å². The zero-order valence-corrected chi connectivity index (χ0v) is 11.5. The lowest BCUT2D eigenvalue weighted by molar-refractivity contribution is 0.153. The van der Waals surface area contributed by atoms with E-state index in [0.717, 1.165) is 32.7 Å². The van der Waals surface area contributed by atoms with E-state index in [1.165, 1.54) is 11.1 Å². The molecule has 1 aromatic rings. The second-order valence-electron chi connectivity index (χ2n) is 5.11. The maximum atomic E-state index is 8.68. The lowest BCUT2D eigenvalue weighted by Gasteiger charge is -2.33. The quantitative estimate of drug-likeness (QED) is 0.773. The van der Waals surface area contributed by atoms with E-state index in [1.807, 2.05) is 6.07 Å². The number of nitriles is 1. The molecule has 2 rings (SSSR count). The Morgan fingerprint density at radius 3 is 2.42 bits per heavy atom. The van der Waals surface area contributed by atoms with Gasteiger partial charge in [-0.2, -0.15) is 5.26 Å². The van der Waals surface area contributed by atoms with Crippen LogP contribution in [0.2, 0.25) is 0 Å². The number of nitrogens with zero attached hydrogens (tertiary/aromatic N) is 3. The van der Waals surface area contributed by atoms with E-state index in [1.54, 1.807) is 0 Å². The zero-order chi connectivity index (χ0) is 13.5. The summed E-state index contributed by atoms with van der Waals surface area (Å²) in [6.45, 7) is 7.90. The van der Waals surface area contributed by atoms with Crippen LogP contribution in [0.15, 0.2) is 35.9 Å². The average Bonchev–Trinajstić information content (AvgIpc) is 2.42. The van der Waals surface area contributed by atoms with Crippen LogP contribution in [0.1, 0.15) is 12.5 Å². The van der Waals surface area contributed by atoms with Gasteiger partial charge in [0.15, 0.2) is 0 Å². The standard InChI is InChI=1S/C16H21N3/c1-15(13-16-5-3-2-4-6-16)14-19-11-9-18(8-7-17)10-12-19/h2-6,13H,8-12,14H2,1H3/b15-13-. The normalized spacial score (nSPS) is 18.2. The number of rotatable bonds is 4. The molecule has 1 aliphatic heterocycles. The molecule has 3 heteroatoms. The van der Waals surface area contributed by atoms with Crippen molar-refractivity contribution < 1.29 is 0 Å². The van der Waals surface area contributed by atoms with Crippen LogP contribution in [-0.2, 0) is 0 Å². The van der Waals surface area contributed by atoms with Gasteiger partial charge in [-0.15, -0.1) is 0 Å². The molecule has 0 amide bonds. The molecule has 19 heavy (non-hydrogen) atoms. The Bertz CT molecular complexity index is 451. The predicted molar refractivity (Wildman–Crippen MR) is 78.6 cm³/mol. The highest BCUT2D eigenvalue weighted by molar-refractivity contribution is 5.52. The number of piperazine rings is 1. The Labute approximate surface area is 115 Å². The Kier molecular flexibility index (Phi) is 5.14. The summed E-state index contributed by atoms with van der Waals surface area (Å²) in [5.41, 5.74) is 2.66. The topological polar surface area (TPSA) is 30.3 Å². The third-order valence-electron chi connectivity index (χ3n) is 3.44. The van der Waals surface area contributed by atoms with Crippen LogP contribution in [0.5, 0.6) is 0 Å². The smallest absolute Gasteiger partial charge is 0.0866 e. The first-order chi connectivity index (χ1) is 9.28. The highest BCUT2D eigenvalue weighted by atomic mass is 15.3. The summed E-state index contributed by atoms with van der Waals surface area (Å²) >= 11 is 0. The van der Waals surface area contributed by atoms with Crippen molar-refractivity contribution in [3.63, 3.8) is 0 Å². The van der Waals surface area contributed by atoms with Crippen molar-refractivity contribution in [2.24, 2.45) is 0 Å². The number of benzene rings is 1. The van der Waals surface area contributed by atoms with Crippen LogP contribution in [-0.4, -0.2) is 49.1 Å². The Morgan fingerprint density at radius 1 is 1.16 bits per heavy atom. The van der Waals surface area contributed by atoms with Gasteiger partial charge in [-0.1, -0.05) is 42.0 Å². The maximum Gasteiger partial charge on any atom is 0.0866 e.